The third-order valence-electron chi connectivity index (χ3n) is 4.72. The Morgan fingerprint density at radius 1 is 1.35 bits per heavy atom. The van der Waals surface area contributed by atoms with Crippen LogP contribution in [0.5, 0.6) is 0 Å². The Morgan fingerprint density at radius 2 is 2.08 bits per heavy atom. The van der Waals surface area contributed by atoms with Crippen LogP contribution in [0.4, 0.5) is 0 Å². The highest BCUT2D eigenvalue weighted by molar-refractivity contribution is 5.90. The summed E-state index contributed by atoms with van der Waals surface area (Å²) in [6.45, 7) is 9.24. The number of benzene rings is 1. The van der Waals surface area contributed by atoms with Gasteiger partial charge in [0, 0.05) is 12.1 Å². The van der Waals surface area contributed by atoms with Gasteiger partial charge < -0.3 is 10.6 Å². The molecule has 3 rings (SSSR count). The van der Waals surface area contributed by atoms with E-state index in [1.165, 1.54) is 5.56 Å². The Labute approximate surface area is 161 Å². The Morgan fingerprint density at radius 3 is 2.77 bits per heavy atom. The summed E-state index contributed by atoms with van der Waals surface area (Å²) in [5, 5.41) is 11.0. The van der Waals surface area contributed by atoms with E-state index in [-0.39, 0.29) is 30.2 Å². The molecule has 0 aliphatic carbocycles. The molecule has 2 atom stereocenters. The van der Waals surface area contributed by atoms with Crippen molar-refractivity contribution in [2.75, 3.05) is 6.54 Å². The summed E-state index contributed by atoms with van der Waals surface area (Å²) < 4.78 is 1.77. The normalized spacial score (nSPS) is 19.9. The third-order valence-corrected chi connectivity index (χ3v) is 4.72. The summed E-state index contributed by atoms with van der Waals surface area (Å²) in [6, 6.07) is 8.73. The highest BCUT2D eigenvalue weighted by Gasteiger charge is 2.23. The van der Waals surface area contributed by atoms with Crippen molar-refractivity contribution < 1.29 is 4.79 Å². The second-order valence-corrected chi connectivity index (χ2v) is 7.16. The van der Waals surface area contributed by atoms with Crippen LogP contribution in [0.3, 0.4) is 0 Å². The van der Waals surface area contributed by atoms with E-state index in [0.29, 0.717) is 12.0 Å². The molecule has 1 amide bonds. The van der Waals surface area contributed by atoms with E-state index in [9.17, 15) is 4.79 Å². The van der Waals surface area contributed by atoms with Crippen LogP contribution in [0.15, 0.2) is 24.3 Å². The molecule has 26 heavy (non-hydrogen) atoms. The number of nitrogens with one attached hydrogen (secondary N) is 2. The molecule has 2 N–H and O–H groups in total. The number of carbonyl (C=O) groups excluding carboxylic acids is 1. The molecule has 0 saturated carbocycles. The fraction of sp³-hybridized carbons (Fsp3) is 0.526. The Kier molecular flexibility index (Phi) is 6.78. The molecule has 1 fully saturated rings. The average molecular weight is 378 g/mol. The SMILES string of the molecule is Cc1nc(C(=O)NC2CCNC(C)C2)nn1-c1ccccc1C(C)C.Cl. The first-order valence-corrected chi connectivity index (χ1v) is 9.03. The van der Waals surface area contributed by atoms with E-state index in [2.05, 4.69) is 47.6 Å². The molecule has 0 radical (unpaired) electrons. The van der Waals surface area contributed by atoms with Gasteiger partial charge in [-0.05, 0) is 50.8 Å². The quantitative estimate of drug-likeness (QED) is 0.859. The highest BCUT2D eigenvalue weighted by Crippen LogP contribution is 2.23. The minimum absolute atomic E-state index is 0. The Balaban J connectivity index is 0.00000243. The first-order chi connectivity index (χ1) is 12.0. The standard InChI is InChI=1S/C19H27N5O.ClH/c1-12(2)16-7-5-6-8-17(16)24-14(4)21-18(23-24)19(25)22-15-9-10-20-13(3)11-15;/h5-8,12-13,15,20H,9-11H2,1-4H3,(H,22,25);1H. The zero-order valence-electron chi connectivity index (χ0n) is 15.8. The second-order valence-electron chi connectivity index (χ2n) is 7.16. The van der Waals surface area contributed by atoms with Gasteiger partial charge in [0.05, 0.1) is 5.69 Å². The van der Waals surface area contributed by atoms with Gasteiger partial charge in [-0.25, -0.2) is 9.67 Å². The minimum atomic E-state index is -0.192. The fourth-order valence-corrected chi connectivity index (χ4v) is 3.40. The van der Waals surface area contributed by atoms with Crippen LogP contribution < -0.4 is 10.6 Å². The number of aromatic nitrogens is 3. The maximum atomic E-state index is 12.6. The summed E-state index contributed by atoms with van der Waals surface area (Å²) >= 11 is 0. The van der Waals surface area contributed by atoms with Gasteiger partial charge in [0.1, 0.15) is 5.82 Å². The molecule has 0 spiro atoms. The largest absolute Gasteiger partial charge is 0.346 e. The van der Waals surface area contributed by atoms with Crippen molar-refractivity contribution in [3.05, 3.63) is 41.5 Å². The summed E-state index contributed by atoms with van der Waals surface area (Å²) in [7, 11) is 0. The molecular weight excluding hydrogens is 350 g/mol. The lowest BCUT2D eigenvalue weighted by molar-refractivity contribution is 0.0915. The topological polar surface area (TPSA) is 71.8 Å². The first-order valence-electron chi connectivity index (χ1n) is 9.03. The zero-order valence-corrected chi connectivity index (χ0v) is 16.6. The van der Waals surface area contributed by atoms with Gasteiger partial charge in [0.25, 0.3) is 5.91 Å². The van der Waals surface area contributed by atoms with Gasteiger partial charge in [-0.15, -0.1) is 17.5 Å². The van der Waals surface area contributed by atoms with Gasteiger partial charge in [-0.3, -0.25) is 4.79 Å². The number of halogens is 1. The molecular formula is C19H28ClN5O. The maximum absolute atomic E-state index is 12.6. The number of carbonyl (C=O) groups is 1. The van der Waals surface area contributed by atoms with Crippen molar-refractivity contribution in [1.82, 2.24) is 25.4 Å². The van der Waals surface area contributed by atoms with Crippen molar-refractivity contribution in [3.63, 3.8) is 0 Å². The molecule has 7 heteroatoms. The first kappa shape index (κ1) is 20.4. The van der Waals surface area contributed by atoms with Crippen molar-refractivity contribution in [2.45, 2.75) is 58.5 Å². The van der Waals surface area contributed by atoms with E-state index in [4.69, 9.17) is 0 Å². The molecule has 6 nitrogen and oxygen atoms in total. The highest BCUT2D eigenvalue weighted by atomic mass is 35.5. The third kappa shape index (κ3) is 4.43. The minimum Gasteiger partial charge on any atom is -0.346 e. The van der Waals surface area contributed by atoms with E-state index in [0.717, 1.165) is 30.9 Å². The average Bonchev–Trinajstić information content (AvgIpc) is 2.96. The second kappa shape index (κ2) is 8.64. The number of piperidine rings is 1. The Bertz CT molecular complexity index is 758. The van der Waals surface area contributed by atoms with Crippen LogP contribution in [0, 0.1) is 6.92 Å². The van der Waals surface area contributed by atoms with Crippen LogP contribution in [-0.4, -0.2) is 39.3 Å². The van der Waals surface area contributed by atoms with Gasteiger partial charge in [-0.1, -0.05) is 32.0 Å². The van der Waals surface area contributed by atoms with Crippen LogP contribution >= 0.6 is 12.4 Å². The molecule has 1 aliphatic rings. The van der Waals surface area contributed by atoms with E-state index in [1.807, 2.05) is 25.1 Å². The van der Waals surface area contributed by atoms with Crippen LogP contribution in [-0.2, 0) is 0 Å². The van der Waals surface area contributed by atoms with Gasteiger partial charge in [-0.2, -0.15) is 0 Å². The van der Waals surface area contributed by atoms with Gasteiger partial charge in [0.2, 0.25) is 5.82 Å². The monoisotopic (exact) mass is 377 g/mol. The van der Waals surface area contributed by atoms with Gasteiger partial charge >= 0.3 is 0 Å². The number of aryl methyl sites for hydroxylation is 1. The Hall–Kier alpha value is -1.92. The smallest absolute Gasteiger partial charge is 0.291 e. The molecule has 0 bridgehead atoms. The molecule has 2 unspecified atom stereocenters. The number of hydrogen-bond donors (Lipinski definition) is 2. The molecule has 1 aromatic carbocycles. The fourth-order valence-electron chi connectivity index (χ4n) is 3.40. The number of rotatable bonds is 4. The molecule has 1 saturated heterocycles. The molecule has 2 heterocycles. The lowest BCUT2D eigenvalue weighted by Crippen LogP contribution is -2.46. The van der Waals surface area contributed by atoms with Gasteiger partial charge in [0.15, 0.2) is 0 Å². The summed E-state index contributed by atoms with van der Waals surface area (Å²) in [5.74, 6) is 1.13. The predicted molar refractivity (Wildman–Crippen MR) is 105 cm³/mol. The molecule has 142 valence electrons. The lowest BCUT2D eigenvalue weighted by atomic mass is 10.0. The summed E-state index contributed by atoms with van der Waals surface area (Å²) in [6.07, 6.45) is 1.87. The molecule has 1 aromatic heterocycles. The summed E-state index contributed by atoms with van der Waals surface area (Å²) in [5.41, 5.74) is 2.17. The van der Waals surface area contributed by atoms with Crippen molar-refractivity contribution >= 4 is 18.3 Å². The van der Waals surface area contributed by atoms with Crippen LogP contribution in [0.25, 0.3) is 5.69 Å². The van der Waals surface area contributed by atoms with Crippen molar-refractivity contribution in [1.29, 1.82) is 0 Å². The molecule has 1 aliphatic heterocycles. The van der Waals surface area contributed by atoms with Crippen LogP contribution in [0.2, 0.25) is 0 Å². The van der Waals surface area contributed by atoms with Crippen LogP contribution in [0.1, 0.15) is 61.5 Å². The van der Waals surface area contributed by atoms with E-state index in [1.54, 1.807) is 4.68 Å². The molecule has 2 aromatic rings. The maximum Gasteiger partial charge on any atom is 0.291 e. The zero-order chi connectivity index (χ0) is 18.0. The van der Waals surface area contributed by atoms with E-state index < -0.39 is 0 Å². The number of para-hydroxylation sites is 1. The number of amides is 1. The predicted octanol–water partition coefficient (Wildman–Crippen LogP) is 2.99. The van der Waals surface area contributed by atoms with Crippen molar-refractivity contribution in [3.8, 4) is 5.69 Å². The van der Waals surface area contributed by atoms with E-state index >= 15 is 0 Å². The summed E-state index contributed by atoms with van der Waals surface area (Å²) in [4.78, 5) is 17.0. The number of nitrogens with zero attached hydrogens (tertiary/aromatic N) is 3. The van der Waals surface area contributed by atoms with Crippen molar-refractivity contribution in [2.24, 2.45) is 0 Å². The number of hydrogen-bond acceptors (Lipinski definition) is 4. The lowest BCUT2D eigenvalue weighted by Gasteiger charge is -2.28.